The van der Waals surface area contributed by atoms with E-state index in [1.807, 2.05) is 30.3 Å². The van der Waals surface area contributed by atoms with E-state index in [1.165, 1.54) is 13.2 Å². The van der Waals surface area contributed by atoms with Gasteiger partial charge in [-0.15, -0.1) is 0 Å². The number of sulfone groups is 1. The fourth-order valence-corrected chi connectivity index (χ4v) is 3.51. The lowest BCUT2D eigenvalue weighted by Crippen LogP contribution is -2.24. The molecule has 1 amide bonds. The third-order valence-corrected chi connectivity index (χ3v) is 5.05. The van der Waals surface area contributed by atoms with Crippen molar-refractivity contribution in [3.05, 3.63) is 53.6 Å². The van der Waals surface area contributed by atoms with E-state index in [0.717, 1.165) is 29.7 Å². The van der Waals surface area contributed by atoms with Crippen molar-refractivity contribution < 1.29 is 13.2 Å². The Bertz CT molecular complexity index is 856. The lowest BCUT2D eigenvalue weighted by atomic mass is 10.0. The van der Waals surface area contributed by atoms with Crippen LogP contribution in [0.25, 0.3) is 0 Å². The first-order valence-electron chi connectivity index (χ1n) is 7.09. The molecule has 3 rings (SSSR count). The van der Waals surface area contributed by atoms with Crippen LogP contribution in [0.15, 0.2) is 47.4 Å². The van der Waals surface area contributed by atoms with Crippen molar-refractivity contribution in [3.8, 4) is 0 Å². The van der Waals surface area contributed by atoms with Gasteiger partial charge in [-0.3, -0.25) is 9.69 Å². The maximum Gasteiger partial charge on any atom is 0.228 e. The van der Waals surface area contributed by atoms with Crippen LogP contribution in [0, 0.1) is 0 Å². The number of hydrogen-bond donors (Lipinski definition) is 0. The van der Waals surface area contributed by atoms with E-state index < -0.39 is 9.84 Å². The molecule has 2 aromatic carbocycles. The highest BCUT2D eigenvalue weighted by Crippen LogP contribution is 2.37. The summed E-state index contributed by atoms with van der Waals surface area (Å²) < 4.78 is 23.6. The quantitative estimate of drug-likeness (QED) is 0.813. The van der Waals surface area contributed by atoms with Gasteiger partial charge >= 0.3 is 0 Å². The Balaban J connectivity index is 2.27. The van der Waals surface area contributed by atoms with Gasteiger partial charge in [0.25, 0.3) is 0 Å². The summed E-state index contributed by atoms with van der Waals surface area (Å²) in [5, 5.41) is 0. The normalized spacial score (nSPS) is 14.0. The van der Waals surface area contributed by atoms with Crippen LogP contribution < -0.4 is 4.90 Å². The predicted octanol–water partition coefficient (Wildman–Crippen LogP) is 2.87. The number of hydrogen-bond acceptors (Lipinski definition) is 3. The number of carbonyl (C=O) groups is 1. The topological polar surface area (TPSA) is 54.5 Å². The Hall–Kier alpha value is -2.14. The molecule has 114 valence electrons. The molecule has 2 aromatic rings. The molecule has 1 heterocycles. The Labute approximate surface area is 130 Å². The minimum Gasteiger partial charge on any atom is -0.281 e. The van der Waals surface area contributed by atoms with E-state index in [9.17, 15) is 13.2 Å². The minimum absolute atomic E-state index is 0.124. The highest BCUT2D eigenvalue weighted by atomic mass is 32.2. The minimum atomic E-state index is -3.31. The number of para-hydroxylation sites is 1. The third-order valence-electron chi connectivity index (χ3n) is 3.94. The van der Waals surface area contributed by atoms with E-state index in [1.54, 1.807) is 17.0 Å². The van der Waals surface area contributed by atoms with Crippen LogP contribution in [0.1, 0.15) is 18.1 Å². The van der Waals surface area contributed by atoms with Gasteiger partial charge in [-0.1, -0.05) is 24.3 Å². The Morgan fingerprint density at radius 2 is 1.64 bits per heavy atom. The van der Waals surface area contributed by atoms with Crippen molar-refractivity contribution in [2.75, 3.05) is 11.2 Å². The zero-order chi connectivity index (χ0) is 15.9. The number of carbonyl (C=O) groups excluding carboxylic acids is 1. The van der Waals surface area contributed by atoms with Crippen molar-refractivity contribution in [2.24, 2.45) is 0 Å². The van der Waals surface area contributed by atoms with Crippen LogP contribution in [0.5, 0.6) is 0 Å². The third kappa shape index (κ3) is 2.52. The lowest BCUT2D eigenvalue weighted by Gasteiger charge is -2.24. The molecular formula is C17H17NO3S. The molecule has 0 radical (unpaired) electrons. The van der Waals surface area contributed by atoms with Gasteiger partial charge < -0.3 is 0 Å². The van der Waals surface area contributed by atoms with Crippen LogP contribution in [-0.2, 0) is 27.5 Å². The zero-order valence-corrected chi connectivity index (χ0v) is 13.4. The lowest BCUT2D eigenvalue weighted by molar-refractivity contribution is -0.115. The fraction of sp³-hybridized carbons (Fsp3) is 0.235. The number of amides is 1. The van der Waals surface area contributed by atoms with Crippen molar-refractivity contribution in [3.63, 3.8) is 0 Å². The molecule has 0 N–H and O–H groups in total. The number of benzene rings is 2. The van der Waals surface area contributed by atoms with Crippen LogP contribution >= 0.6 is 0 Å². The van der Waals surface area contributed by atoms with Crippen LogP contribution in [0.3, 0.4) is 0 Å². The number of rotatable bonds is 1. The van der Waals surface area contributed by atoms with Gasteiger partial charge in [-0.2, -0.15) is 0 Å². The molecule has 0 aliphatic carbocycles. The molecule has 0 spiro atoms. The Morgan fingerprint density at radius 1 is 1.00 bits per heavy atom. The second-order valence-electron chi connectivity index (χ2n) is 5.55. The first-order valence-corrected chi connectivity index (χ1v) is 8.98. The smallest absolute Gasteiger partial charge is 0.228 e. The molecule has 22 heavy (non-hydrogen) atoms. The summed E-state index contributed by atoms with van der Waals surface area (Å²) in [6.07, 6.45) is 2.78. The van der Waals surface area contributed by atoms with Crippen molar-refractivity contribution in [1.82, 2.24) is 0 Å². The fourth-order valence-electron chi connectivity index (χ4n) is 2.87. The summed E-state index contributed by atoms with van der Waals surface area (Å²) in [6, 6.07) is 12.8. The molecular weight excluding hydrogens is 298 g/mol. The van der Waals surface area contributed by atoms with E-state index >= 15 is 0 Å². The van der Waals surface area contributed by atoms with E-state index in [0.29, 0.717) is 5.69 Å². The van der Waals surface area contributed by atoms with Crippen molar-refractivity contribution in [1.29, 1.82) is 0 Å². The summed E-state index contributed by atoms with van der Waals surface area (Å²) in [7, 11) is -3.31. The van der Waals surface area contributed by atoms with Crippen LogP contribution in [0.2, 0.25) is 0 Å². The Morgan fingerprint density at radius 3 is 2.27 bits per heavy atom. The molecule has 1 aliphatic heterocycles. The summed E-state index contributed by atoms with van der Waals surface area (Å²) in [5.74, 6) is -0.124. The van der Waals surface area contributed by atoms with Gasteiger partial charge in [0.1, 0.15) is 0 Å². The van der Waals surface area contributed by atoms with Gasteiger partial charge in [-0.25, -0.2) is 8.42 Å². The average Bonchev–Trinajstić information content (AvgIpc) is 2.62. The zero-order valence-electron chi connectivity index (χ0n) is 12.5. The molecule has 0 saturated carbocycles. The second-order valence-corrected chi connectivity index (χ2v) is 7.56. The highest BCUT2D eigenvalue weighted by Gasteiger charge is 2.24. The summed E-state index contributed by atoms with van der Waals surface area (Å²) in [6.45, 7) is 1.50. The standard InChI is InChI=1S/C17H17NO3S/c1-12(19)18-16-6-4-3-5-13(16)7-8-14-9-10-15(11-17(14)18)22(2,20)21/h3-6,9-11H,7-8H2,1-2H3. The van der Waals surface area contributed by atoms with E-state index in [2.05, 4.69) is 0 Å². The summed E-state index contributed by atoms with van der Waals surface area (Å²) >= 11 is 0. The van der Waals surface area contributed by atoms with E-state index in [-0.39, 0.29) is 10.8 Å². The van der Waals surface area contributed by atoms with Crippen molar-refractivity contribution >= 4 is 27.1 Å². The van der Waals surface area contributed by atoms with Crippen LogP contribution in [-0.4, -0.2) is 20.6 Å². The molecule has 0 atom stereocenters. The van der Waals surface area contributed by atoms with Gasteiger partial charge in [0, 0.05) is 13.2 Å². The average molecular weight is 315 g/mol. The number of aryl methyl sites for hydroxylation is 2. The predicted molar refractivity (Wildman–Crippen MR) is 86.2 cm³/mol. The van der Waals surface area contributed by atoms with Gasteiger partial charge in [0.05, 0.1) is 16.3 Å². The van der Waals surface area contributed by atoms with Gasteiger partial charge in [0.2, 0.25) is 5.91 Å². The SMILES string of the molecule is CC(=O)N1c2ccccc2CCc2ccc(S(C)(=O)=O)cc21. The summed E-state index contributed by atoms with van der Waals surface area (Å²) in [4.78, 5) is 14.1. The molecule has 1 aliphatic rings. The molecule has 0 fully saturated rings. The van der Waals surface area contributed by atoms with E-state index in [4.69, 9.17) is 0 Å². The van der Waals surface area contributed by atoms with Crippen LogP contribution in [0.4, 0.5) is 11.4 Å². The monoisotopic (exact) mass is 315 g/mol. The second kappa shape index (κ2) is 5.25. The molecule has 0 unspecified atom stereocenters. The first kappa shape index (κ1) is 14.8. The molecule has 4 nitrogen and oxygen atoms in total. The molecule has 5 heteroatoms. The number of nitrogens with zero attached hydrogens (tertiary/aromatic N) is 1. The first-order chi connectivity index (χ1) is 10.4. The largest absolute Gasteiger partial charge is 0.281 e. The number of anilines is 2. The van der Waals surface area contributed by atoms with Crippen molar-refractivity contribution in [2.45, 2.75) is 24.7 Å². The molecule has 0 saturated heterocycles. The number of fused-ring (bicyclic) bond motifs is 2. The maximum atomic E-state index is 12.2. The highest BCUT2D eigenvalue weighted by molar-refractivity contribution is 7.90. The maximum absolute atomic E-state index is 12.2. The Kier molecular flexibility index (Phi) is 3.53. The molecule has 0 aromatic heterocycles. The molecule has 0 bridgehead atoms. The van der Waals surface area contributed by atoms with Gasteiger partial charge in [-0.05, 0) is 42.2 Å². The summed E-state index contributed by atoms with van der Waals surface area (Å²) in [5.41, 5.74) is 3.58. The van der Waals surface area contributed by atoms with Gasteiger partial charge in [0.15, 0.2) is 9.84 Å².